The van der Waals surface area contributed by atoms with Crippen molar-refractivity contribution in [1.29, 1.82) is 0 Å². The zero-order chi connectivity index (χ0) is 27.4. The van der Waals surface area contributed by atoms with E-state index in [0.717, 1.165) is 16.1 Å². The summed E-state index contributed by atoms with van der Waals surface area (Å²) in [7, 11) is -2.32. The molecule has 1 aliphatic rings. The maximum absolute atomic E-state index is 13.7. The van der Waals surface area contributed by atoms with Gasteiger partial charge in [0.15, 0.2) is 11.5 Å². The van der Waals surface area contributed by atoms with Crippen molar-refractivity contribution in [3.8, 4) is 17.2 Å². The average molecular weight is 534 g/mol. The second-order valence-electron chi connectivity index (χ2n) is 9.89. The number of fused-ring (bicyclic) bond motifs is 1. The highest BCUT2D eigenvalue weighted by Gasteiger charge is 2.32. The van der Waals surface area contributed by atoms with Crippen LogP contribution in [-0.2, 0) is 26.2 Å². The molecule has 0 saturated heterocycles. The molecule has 10 nitrogen and oxygen atoms in total. The summed E-state index contributed by atoms with van der Waals surface area (Å²) in [5.74, 6) is 0.609. The minimum Gasteiger partial charge on any atom is -0.497 e. The zero-order valence-electron chi connectivity index (χ0n) is 22.1. The molecule has 1 heterocycles. The number of hydrogen-bond donors (Lipinski definition) is 1. The molecule has 0 fully saturated rings. The Morgan fingerprint density at radius 3 is 2.38 bits per heavy atom. The Kier molecular flexibility index (Phi) is 8.57. The monoisotopic (exact) mass is 533 g/mol. The summed E-state index contributed by atoms with van der Waals surface area (Å²) < 4.78 is 43.0. The molecule has 0 aromatic heterocycles. The smallest absolute Gasteiger partial charge is 0.244 e. The lowest BCUT2D eigenvalue weighted by molar-refractivity contribution is -0.140. The van der Waals surface area contributed by atoms with Gasteiger partial charge in [-0.2, -0.15) is 0 Å². The van der Waals surface area contributed by atoms with Gasteiger partial charge in [0.1, 0.15) is 31.5 Å². The van der Waals surface area contributed by atoms with E-state index in [4.69, 9.17) is 14.2 Å². The summed E-state index contributed by atoms with van der Waals surface area (Å²) >= 11 is 0. The molecule has 2 aromatic rings. The van der Waals surface area contributed by atoms with Crippen molar-refractivity contribution in [1.82, 2.24) is 10.2 Å². The highest BCUT2D eigenvalue weighted by Crippen LogP contribution is 2.34. The van der Waals surface area contributed by atoms with Crippen molar-refractivity contribution in [2.45, 2.75) is 45.8 Å². The van der Waals surface area contributed by atoms with Gasteiger partial charge in [-0.3, -0.25) is 13.9 Å². The maximum atomic E-state index is 13.7. The highest BCUT2D eigenvalue weighted by molar-refractivity contribution is 7.92. The lowest BCUT2D eigenvalue weighted by Crippen LogP contribution is -2.54. The van der Waals surface area contributed by atoms with Gasteiger partial charge in [0.25, 0.3) is 0 Å². The van der Waals surface area contributed by atoms with Crippen LogP contribution in [0.5, 0.6) is 17.2 Å². The fourth-order valence-electron chi connectivity index (χ4n) is 3.83. The number of carbonyl (C=O) groups is 2. The van der Waals surface area contributed by atoms with Gasteiger partial charge in [-0.15, -0.1) is 0 Å². The number of methoxy groups -OCH3 is 1. The van der Waals surface area contributed by atoms with Crippen LogP contribution in [0.4, 0.5) is 5.69 Å². The van der Waals surface area contributed by atoms with Gasteiger partial charge in [-0.1, -0.05) is 12.1 Å². The van der Waals surface area contributed by atoms with Crippen LogP contribution in [0, 0.1) is 0 Å². The van der Waals surface area contributed by atoms with Crippen LogP contribution in [0.2, 0.25) is 0 Å². The molecule has 11 heteroatoms. The van der Waals surface area contributed by atoms with Gasteiger partial charge in [-0.25, -0.2) is 8.42 Å². The molecular formula is C26H35N3O7S. The Morgan fingerprint density at radius 1 is 1.08 bits per heavy atom. The fraction of sp³-hybridized carbons (Fsp3) is 0.462. The topological polar surface area (TPSA) is 114 Å². The van der Waals surface area contributed by atoms with E-state index in [-0.39, 0.29) is 18.1 Å². The number of carbonyl (C=O) groups excluding carboxylic acids is 2. The molecule has 2 amide bonds. The Bertz CT molecular complexity index is 1240. The zero-order valence-corrected chi connectivity index (χ0v) is 22.9. The maximum Gasteiger partial charge on any atom is 0.244 e. The number of nitrogens with one attached hydrogen (secondary N) is 1. The number of ether oxygens (including phenoxy) is 3. The van der Waals surface area contributed by atoms with Crippen LogP contribution in [0.25, 0.3) is 0 Å². The van der Waals surface area contributed by atoms with E-state index in [1.165, 1.54) is 11.0 Å². The normalized spacial score (nSPS) is 13.9. The summed E-state index contributed by atoms with van der Waals surface area (Å²) in [4.78, 5) is 28.1. The first-order valence-corrected chi connectivity index (χ1v) is 13.7. The minimum atomic E-state index is -3.86. The molecule has 2 aromatic carbocycles. The molecule has 1 aliphatic heterocycles. The molecule has 0 radical (unpaired) electrons. The predicted octanol–water partition coefficient (Wildman–Crippen LogP) is 2.56. The van der Waals surface area contributed by atoms with Crippen LogP contribution in [0.15, 0.2) is 42.5 Å². The largest absolute Gasteiger partial charge is 0.497 e. The minimum absolute atomic E-state index is 0.0769. The Morgan fingerprint density at radius 2 is 1.76 bits per heavy atom. The third-order valence-electron chi connectivity index (χ3n) is 5.65. The van der Waals surface area contributed by atoms with Crippen LogP contribution in [-0.4, -0.2) is 69.8 Å². The highest BCUT2D eigenvalue weighted by atomic mass is 32.2. The third kappa shape index (κ3) is 7.51. The number of hydrogen-bond acceptors (Lipinski definition) is 7. The Hall–Kier alpha value is -3.47. The van der Waals surface area contributed by atoms with Gasteiger partial charge >= 0.3 is 0 Å². The van der Waals surface area contributed by atoms with Gasteiger partial charge in [-0.05, 0) is 57.5 Å². The van der Waals surface area contributed by atoms with E-state index in [9.17, 15) is 18.0 Å². The van der Waals surface area contributed by atoms with Crippen molar-refractivity contribution in [3.05, 3.63) is 48.0 Å². The van der Waals surface area contributed by atoms with E-state index in [2.05, 4.69) is 5.32 Å². The number of anilines is 1. The first kappa shape index (κ1) is 28.1. The number of benzene rings is 2. The van der Waals surface area contributed by atoms with Gasteiger partial charge in [0, 0.05) is 18.2 Å². The Balaban J connectivity index is 1.94. The summed E-state index contributed by atoms with van der Waals surface area (Å²) in [5.41, 5.74) is 0.474. The summed E-state index contributed by atoms with van der Waals surface area (Å²) in [6, 6.07) is 11.0. The van der Waals surface area contributed by atoms with E-state index in [0.29, 0.717) is 30.5 Å². The van der Waals surface area contributed by atoms with Crippen LogP contribution < -0.4 is 23.8 Å². The Labute approximate surface area is 218 Å². The van der Waals surface area contributed by atoms with Gasteiger partial charge in [0.05, 0.1) is 19.1 Å². The molecule has 0 saturated carbocycles. The van der Waals surface area contributed by atoms with Crippen molar-refractivity contribution in [2.24, 2.45) is 0 Å². The van der Waals surface area contributed by atoms with E-state index in [1.54, 1.807) is 44.4 Å². The lowest BCUT2D eigenvalue weighted by Gasteiger charge is -2.33. The predicted molar refractivity (Wildman–Crippen MR) is 141 cm³/mol. The quantitative estimate of drug-likeness (QED) is 0.527. The average Bonchev–Trinajstić information content (AvgIpc) is 2.83. The van der Waals surface area contributed by atoms with Gasteiger partial charge < -0.3 is 24.4 Å². The van der Waals surface area contributed by atoms with Crippen LogP contribution in [0.3, 0.4) is 0 Å². The first-order valence-electron chi connectivity index (χ1n) is 11.9. The first-order chi connectivity index (χ1) is 17.3. The number of sulfonamides is 1. The second-order valence-corrected chi connectivity index (χ2v) is 11.8. The molecule has 1 unspecified atom stereocenters. The summed E-state index contributed by atoms with van der Waals surface area (Å²) in [5, 5.41) is 2.89. The molecule has 3 rings (SSSR count). The van der Waals surface area contributed by atoms with Crippen molar-refractivity contribution < 1.29 is 32.2 Å². The van der Waals surface area contributed by atoms with Gasteiger partial charge in [0.2, 0.25) is 21.8 Å². The third-order valence-corrected chi connectivity index (χ3v) is 6.79. The number of amides is 2. The molecule has 202 valence electrons. The molecule has 0 aliphatic carbocycles. The summed E-state index contributed by atoms with van der Waals surface area (Å²) in [6.07, 6.45) is 1.03. The van der Waals surface area contributed by atoms with Crippen LogP contribution in [0.1, 0.15) is 33.3 Å². The molecule has 0 bridgehead atoms. The molecule has 1 atom stereocenters. The van der Waals surface area contributed by atoms with E-state index < -0.39 is 34.1 Å². The van der Waals surface area contributed by atoms with Crippen molar-refractivity contribution in [3.63, 3.8) is 0 Å². The van der Waals surface area contributed by atoms with Crippen LogP contribution >= 0.6 is 0 Å². The number of nitrogens with zero attached hydrogens (tertiary/aromatic N) is 2. The van der Waals surface area contributed by atoms with Crippen molar-refractivity contribution >= 4 is 27.5 Å². The van der Waals surface area contributed by atoms with E-state index >= 15 is 0 Å². The fourth-order valence-corrected chi connectivity index (χ4v) is 4.67. The summed E-state index contributed by atoms with van der Waals surface area (Å²) in [6.45, 7) is 7.46. The standard InChI is InChI=1S/C26H35N3O7S/c1-18(25(31)27-26(2,3)4)28(16-19-8-7-9-21(14-19)34-5)24(30)17-29(37(6,32)33)20-10-11-22-23(15-20)36-13-12-35-22/h7-11,14-15,18H,12-13,16-17H2,1-6H3,(H,27,31). The molecule has 0 spiro atoms. The molecule has 1 N–H and O–H groups in total. The van der Waals surface area contributed by atoms with E-state index in [1.807, 2.05) is 26.8 Å². The SMILES string of the molecule is COc1cccc(CN(C(=O)CN(c2ccc3c(c2)OCCO3)S(C)(=O)=O)C(C)C(=O)NC(C)(C)C)c1. The number of rotatable bonds is 9. The van der Waals surface area contributed by atoms with Crippen molar-refractivity contribution in [2.75, 3.05) is 37.4 Å². The second kappa shape index (κ2) is 11.3. The molecule has 37 heavy (non-hydrogen) atoms. The molecular weight excluding hydrogens is 498 g/mol. The lowest BCUT2D eigenvalue weighted by atomic mass is 10.1.